The maximum atomic E-state index is 5.60. The van der Waals surface area contributed by atoms with Crippen LogP contribution in [0, 0.1) is 5.92 Å². The smallest absolute Gasteiger partial charge is 0.119 e. The number of hydrogen-bond acceptors (Lipinski definition) is 2. The van der Waals surface area contributed by atoms with E-state index in [0.717, 1.165) is 24.7 Å². The summed E-state index contributed by atoms with van der Waals surface area (Å²) in [6.07, 6.45) is 5.15. The van der Waals surface area contributed by atoms with Crippen molar-refractivity contribution in [2.75, 3.05) is 13.7 Å². The lowest BCUT2D eigenvalue weighted by molar-refractivity contribution is 0.317. The Bertz CT molecular complexity index is 329. The summed E-state index contributed by atoms with van der Waals surface area (Å²) in [5.74, 6) is 1.93. The normalized spacial score (nSPS) is 16.8. The molecule has 1 aliphatic rings. The maximum Gasteiger partial charge on any atom is 0.119 e. The minimum atomic E-state index is 0.503. The van der Waals surface area contributed by atoms with Crippen LogP contribution in [-0.4, -0.2) is 13.7 Å². The zero-order valence-corrected chi connectivity index (χ0v) is 10.9. The van der Waals surface area contributed by atoms with Gasteiger partial charge in [0, 0.05) is 6.04 Å². The Morgan fingerprint density at radius 3 is 2.53 bits per heavy atom. The van der Waals surface area contributed by atoms with E-state index in [1.165, 1.54) is 24.8 Å². The molecular weight excluding hydrogens is 210 g/mol. The standard InChI is InChI=1S/C15H23NO/c1-3-10-17-14-8-6-13(7-9-14)15(16-2)11-12-4-5-12/h6-9,12,15-16H,3-5,10-11H2,1-2H3. The van der Waals surface area contributed by atoms with Gasteiger partial charge >= 0.3 is 0 Å². The molecular formula is C15H23NO. The summed E-state index contributed by atoms with van der Waals surface area (Å²) in [7, 11) is 2.05. The number of hydrogen-bond donors (Lipinski definition) is 1. The fourth-order valence-corrected chi connectivity index (χ4v) is 2.12. The molecule has 0 amide bonds. The number of benzene rings is 1. The number of ether oxygens (including phenoxy) is 1. The highest BCUT2D eigenvalue weighted by Gasteiger charge is 2.25. The molecule has 2 rings (SSSR count). The minimum Gasteiger partial charge on any atom is -0.494 e. The van der Waals surface area contributed by atoms with Crippen LogP contribution in [0.25, 0.3) is 0 Å². The zero-order valence-electron chi connectivity index (χ0n) is 10.9. The van der Waals surface area contributed by atoms with Crippen molar-refractivity contribution in [2.45, 2.75) is 38.6 Å². The summed E-state index contributed by atoms with van der Waals surface area (Å²) in [6.45, 7) is 2.93. The SMILES string of the molecule is CCCOc1ccc(C(CC2CC2)NC)cc1. The van der Waals surface area contributed by atoms with E-state index in [0.29, 0.717) is 6.04 Å². The summed E-state index contributed by atoms with van der Waals surface area (Å²) < 4.78 is 5.60. The summed E-state index contributed by atoms with van der Waals surface area (Å²) in [4.78, 5) is 0. The van der Waals surface area contributed by atoms with Crippen LogP contribution < -0.4 is 10.1 Å². The molecule has 1 atom stereocenters. The van der Waals surface area contributed by atoms with E-state index in [4.69, 9.17) is 4.74 Å². The molecule has 1 aliphatic carbocycles. The fraction of sp³-hybridized carbons (Fsp3) is 0.600. The van der Waals surface area contributed by atoms with E-state index in [1.807, 2.05) is 0 Å². The first-order chi connectivity index (χ1) is 8.33. The van der Waals surface area contributed by atoms with Gasteiger partial charge in [-0.25, -0.2) is 0 Å². The van der Waals surface area contributed by atoms with Crippen LogP contribution in [0.4, 0.5) is 0 Å². The lowest BCUT2D eigenvalue weighted by Gasteiger charge is -2.16. The van der Waals surface area contributed by atoms with E-state index < -0.39 is 0 Å². The van der Waals surface area contributed by atoms with Crippen molar-refractivity contribution in [2.24, 2.45) is 5.92 Å². The zero-order chi connectivity index (χ0) is 12.1. The van der Waals surface area contributed by atoms with Crippen LogP contribution in [0.5, 0.6) is 5.75 Å². The van der Waals surface area contributed by atoms with Gasteiger partial charge in [-0.3, -0.25) is 0 Å². The summed E-state index contributed by atoms with van der Waals surface area (Å²) in [5.41, 5.74) is 1.38. The first kappa shape index (κ1) is 12.4. The van der Waals surface area contributed by atoms with Gasteiger partial charge in [-0.2, -0.15) is 0 Å². The molecule has 1 fully saturated rings. The molecule has 1 aromatic carbocycles. The summed E-state index contributed by atoms with van der Waals surface area (Å²) in [6, 6.07) is 9.05. The highest BCUT2D eigenvalue weighted by Crippen LogP contribution is 2.37. The molecule has 1 N–H and O–H groups in total. The van der Waals surface area contributed by atoms with Crippen molar-refractivity contribution in [1.29, 1.82) is 0 Å². The Kier molecular flexibility index (Phi) is 4.43. The van der Waals surface area contributed by atoms with Gasteiger partial charge in [0.1, 0.15) is 5.75 Å². The Balaban J connectivity index is 1.94. The highest BCUT2D eigenvalue weighted by atomic mass is 16.5. The van der Waals surface area contributed by atoms with Crippen molar-refractivity contribution >= 4 is 0 Å². The van der Waals surface area contributed by atoms with Gasteiger partial charge in [-0.15, -0.1) is 0 Å². The second-order valence-electron chi connectivity index (χ2n) is 4.94. The molecule has 2 nitrogen and oxygen atoms in total. The first-order valence-electron chi connectivity index (χ1n) is 6.73. The lowest BCUT2D eigenvalue weighted by Crippen LogP contribution is -2.16. The molecule has 94 valence electrons. The van der Waals surface area contributed by atoms with Crippen molar-refractivity contribution < 1.29 is 4.74 Å². The largest absolute Gasteiger partial charge is 0.494 e. The van der Waals surface area contributed by atoms with E-state index >= 15 is 0 Å². The average molecular weight is 233 g/mol. The van der Waals surface area contributed by atoms with Crippen LogP contribution in [0.3, 0.4) is 0 Å². The molecule has 1 unspecified atom stereocenters. The van der Waals surface area contributed by atoms with E-state index in [-0.39, 0.29) is 0 Å². The van der Waals surface area contributed by atoms with E-state index in [9.17, 15) is 0 Å². The molecule has 0 heterocycles. The van der Waals surface area contributed by atoms with Crippen molar-refractivity contribution in [3.63, 3.8) is 0 Å². The molecule has 0 aliphatic heterocycles. The second-order valence-corrected chi connectivity index (χ2v) is 4.94. The number of rotatable bonds is 7. The van der Waals surface area contributed by atoms with Crippen LogP contribution in [0.1, 0.15) is 44.2 Å². The third kappa shape index (κ3) is 3.74. The van der Waals surface area contributed by atoms with Gasteiger partial charge in [-0.1, -0.05) is 31.9 Å². The average Bonchev–Trinajstić information content (AvgIpc) is 3.18. The maximum absolute atomic E-state index is 5.60. The van der Waals surface area contributed by atoms with Gasteiger partial charge in [0.15, 0.2) is 0 Å². The monoisotopic (exact) mass is 233 g/mol. The minimum absolute atomic E-state index is 0.503. The fourth-order valence-electron chi connectivity index (χ4n) is 2.12. The first-order valence-corrected chi connectivity index (χ1v) is 6.73. The lowest BCUT2D eigenvalue weighted by atomic mass is 10.0. The Morgan fingerprint density at radius 1 is 1.29 bits per heavy atom. The van der Waals surface area contributed by atoms with E-state index in [2.05, 4.69) is 43.6 Å². The summed E-state index contributed by atoms with van der Waals surface area (Å²) in [5, 5.41) is 3.41. The highest BCUT2D eigenvalue weighted by molar-refractivity contribution is 5.29. The molecule has 0 bridgehead atoms. The van der Waals surface area contributed by atoms with Crippen molar-refractivity contribution in [3.05, 3.63) is 29.8 Å². The molecule has 0 spiro atoms. The van der Waals surface area contributed by atoms with Gasteiger partial charge in [-0.05, 0) is 43.5 Å². The summed E-state index contributed by atoms with van der Waals surface area (Å²) >= 11 is 0. The van der Waals surface area contributed by atoms with Crippen LogP contribution in [0.15, 0.2) is 24.3 Å². The molecule has 0 saturated heterocycles. The van der Waals surface area contributed by atoms with Crippen molar-refractivity contribution in [3.8, 4) is 5.75 Å². The van der Waals surface area contributed by atoms with E-state index in [1.54, 1.807) is 0 Å². The predicted octanol–water partition coefficient (Wildman–Crippen LogP) is 3.54. The Hall–Kier alpha value is -1.02. The third-order valence-electron chi connectivity index (χ3n) is 3.37. The quantitative estimate of drug-likeness (QED) is 0.778. The van der Waals surface area contributed by atoms with Crippen LogP contribution >= 0.6 is 0 Å². The molecule has 2 heteroatoms. The Morgan fingerprint density at radius 2 is 2.00 bits per heavy atom. The molecule has 1 aromatic rings. The Labute approximate surface area is 104 Å². The molecule has 0 radical (unpaired) electrons. The molecule has 1 saturated carbocycles. The number of nitrogens with one attached hydrogen (secondary N) is 1. The third-order valence-corrected chi connectivity index (χ3v) is 3.37. The van der Waals surface area contributed by atoms with Crippen molar-refractivity contribution in [1.82, 2.24) is 5.32 Å². The van der Waals surface area contributed by atoms with Crippen LogP contribution in [-0.2, 0) is 0 Å². The van der Waals surface area contributed by atoms with Gasteiger partial charge in [0.05, 0.1) is 6.61 Å². The van der Waals surface area contributed by atoms with Gasteiger partial charge in [0.25, 0.3) is 0 Å². The van der Waals surface area contributed by atoms with Crippen LogP contribution in [0.2, 0.25) is 0 Å². The predicted molar refractivity (Wildman–Crippen MR) is 71.4 cm³/mol. The topological polar surface area (TPSA) is 21.3 Å². The molecule has 0 aromatic heterocycles. The van der Waals surface area contributed by atoms with Gasteiger partial charge < -0.3 is 10.1 Å². The molecule has 17 heavy (non-hydrogen) atoms. The second kappa shape index (κ2) is 6.06. The van der Waals surface area contributed by atoms with Gasteiger partial charge in [0.2, 0.25) is 0 Å².